The second kappa shape index (κ2) is 57.9. The van der Waals surface area contributed by atoms with Crippen molar-refractivity contribution in [1.82, 2.24) is 0 Å². The molecule has 0 spiro atoms. The summed E-state index contributed by atoms with van der Waals surface area (Å²) in [7, 11) is -9.90. The molecule has 0 aliphatic rings. The Labute approximate surface area is 530 Å². The number of aliphatic hydroxyl groups is 1. The van der Waals surface area contributed by atoms with Crippen molar-refractivity contribution in [3.63, 3.8) is 0 Å². The van der Waals surface area contributed by atoms with Crippen LogP contribution in [0.1, 0.15) is 331 Å². The normalized spacial score (nSPS) is 15.3. The fourth-order valence-corrected chi connectivity index (χ4v) is 11.6. The SMILES string of the molecule is CCC(C)CCCCCCCCCCC(=O)OC[C@H](COP(=O)(O)OC[C@@H](O)COP(=O)(O)OC[C@@H](COC(=O)CCCCCCCCC(C)CC)OC(=O)CCCCCCCCCCCCC(C)C)OC(=O)CCCCCCCCCCC(C)CC. The first-order valence-corrected chi connectivity index (χ1v) is 38.3. The van der Waals surface area contributed by atoms with Crippen LogP contribution in [0, 0.1) is 23.7 Å². The molecule has 0 aromatic heterocycles. The lowest BCUT2D eigenvalue weighted by Gasteiger charge is -2.21. The third-order valence-corrected chi connectivity index (χ3v) is 18.6. The van der Waals surface area contributed by atoms with Crippen LogP contribution in [-0.4, -0.2) is 96.7 Å². The minimum absolute atomic E-state index is 0.104. The van der Waals surface area contributed by atoms with Gasteiger partial charge in [-0.25, -0.2) is 9.13 Å². The smallest absolute Gasteiger partial charge is 0.462 e. The lowest BCUT2D eigenvalue weighted by atomic mass is 9.99. The fraction of sp³-hybridized carbons (Fsp3) is 0.941. The zero-order chi connectivity index (χ0) is 64.7. The van der Waals surface area contributed by atoms with Crippen LogP contribution in [0.2, 0.25) is 0 Å². The Morgan fingerprint density at radius 2 is 0.552 bits per heavy atom. The van der Waals surface area contributed by atoms with Gasteiger partial charge in [0, 0.05) is 25.7 Å². The summed E-state index contributed by atoms with van der Waals surface area (Å²) in [6, 6.07) is 0. The molecule has 0 heterocycles. The van der Waals surface area contributed by atoms with Gasteiger partial charge in [0.05, 0.1) is 26.4 Å². The summed E-state index contributed by atoms with van der Waals surface area (Å²) in [6.45, 7) is 14.1. The van der Waals surface area contributed by atoms with Gasteiger partial charge in [-0.15, -0.1) is 0 Å². The van der Waals surface area contributed by atoms with Crippen LogP contribution in [0.5, 0.6) is 0 Å². The van der Waals surface area contributed by atoms with Gasteiger partial charge < -0.3 is 33.8 Å². The Morgan fingerprint density at radius 3 is 0.816 bits per heavy atom. The van der Waals surface area contributed by atoms with Gasteiger partial charge in [0.2, 0.25) is 0 Å². The summed E-state index contributed by atoms with van der Waals surface area (Å²) >= 11 is 0. The minimum atomic E-state index is -4.95. The topological polar surface area (TPSA) is 237 Å². The molecule has 0 amide bonds. The zero-order valence-corrected chi connectivity index (χ0v) is 58.4. The van der Waals surface area contributed by atoms with E-state index in [2.05, 4.69) is 55.4 Å². The predicted molar refractivity (Wildman–Crippen MR) is 349 cm³/mol. The Morgan fingerprint density at radius 1 is 0.322 bits per heavy atom. The second-order valence-corrected chi connectivity index (χ2v) is 28.7. The summed E-state index contributed by atoms with van der Waals surface area (Å²) in [5.74, 6) is 0.895. The van der Waals surface area contributed by atoms with Gasteiger partial charge >= 0.3 is 39.5 Å². The maximum Gasteiger partial charge on any atom is 0.472 e. The molecule has 0 saturated heterocycles. The molecule has 17 nitrogen and oxygen atoms in total. The molecule has 0 aromatic carbocycles. The first-order valence-electron chi connectivity index (χ1n) is 35.3. The monoisotopic (exact) mass is 1280 g/mol. The van der Waals surface area contributed by atoms with E-state index in [-0.39, 0.29) is 25.7 Å². The van der Waals surface area contributed by atoms with Crippen LogP contribution < -0.4 is 0 Å². The van der Waals surface area contributed by atoms with Crippen molar-refractivity contribution in [1.29, 1.82) is 0 Å². The number of esters is 4. The molecular formula is C68H132O17P2. The van der Waals surface area contributed by atoms with Crippen molar-refractivity contribution in [2.24, 2.45) is 23.7 Å². The number of carbonyl (C=O) groups excluding carboxylic acids is 4. The van der Waals surface area contributed by atoms with E-state index in [1.165, 1.54) is 128 Å². The van der Waals surface area contributed by atoms with Crippen molar-refractivity contribution < 1.29 is 80.2 Å². The number of phosphoric acid groups is 2. The Hall–Kier alpha value is -1.94. The molecule has 19 heteroatoms. The van der Waals surface area contributed by atoms with Crippen molar-refractivity contribution in [2.45, 2.75) is 350 Å². The fourth-order valence-electron chi connectivity index (χ4n) is 10.0. The van der Waals surface area contributed by atoms with Crippen LogP contribution in [0.4, 0.5) is 0 Å². The van der Waals surface area contributed by atoms with Crippen LogP contribution in [0.25, 0.3) is 0 Å². The number of carbonyl (C=O) groups is 4. The van der Waals surface area contributed by atoms with E-state index < -0.39 is 97.5 Å². The summed E-state index contributed by atoms with van der Waals surface area (Å²) in [5.41, 5.74) is 0. The van der Waals surface area contributed by atoms with Crippen molar-refractivity contribution >= 4 is 39.5 Å². The number of ether oxygens (including phenoxy) is 4. The first kappa shape index (κ1) is 85.1. The van der Waals surface area contributed by atoms with E-state index in [1.807, 2.05) is 0 Å². The summed E-state index contributed by atoms with van der Waals surface area (Å²) < 4.78 is 68.2. The van der Waals surface area contributed by atoms with Crippen LogP contribution >= 0.6 is 15.6 Å². The van der Waals surface area contributed by atoms with Gasteiger partial charge in [0.25, 0.3) is 0 Å². The minimum Gasteiger partial charge on any atom is -0.462 e. The number of hydrogen-bond donors (Lipinski definition) is 3. The van der Waals surface area contributed by atoms with E-state index in [0.29, 0.717) is 25.7 Å². The van der Waals surface area contributed by atoms with Crippen molar-refractivity contribution in [3.8, 4) is 0 Å². The third-order valence-electron chi connectivity index (χ3n) is 16.7. The van der Waals surface area contributed by atoms with Crippen molar-refractivity contribution in [2.75, 3.05) is 39.6 Å². The van der Waals surface area contributed by atoms with Gasteiger partial charge in [-0.3, -0.25) is 37.3 Å². The standard InChI is InChI=1S/C68H132O17P2/c1-9-59(6)45-37-29-21-16-18-23-32-40-48-65(70)78-54-63(85-68(73)51-43-35-25-19-17-22-30-38-46-60(7)10-2)56-82-86(74,75)80-52-62(69)53-81-87(76,77)83-57-64(55-79-66(71)49-41-33-27-26-31-39-47-61(8)11-3)84-67(72)50-42-34-24-15-13-12-14-20-28-36-44-58(4)5/h58-64,69H,9-57H2,1-8H3,(H,74,75)(H,76,77)/t59?,60?,61?,62-,63-,64-/m1/s1. The Kier molecular flexibility index (Phi) is 56.6. The highest BCUT2D eigenvalue weighted by Gasteiger charge is 2.30. The summed E-state index contributed by atoms with van der Waals surface area (Å²) in [4.78, 5) is 72.5. The largest absolute Gasteiger partial charge is 0.472 e. The number of aliphatic hydroxyl groups excluding tert-OH is 1. The highest BCUT2D eigenvalue weighted by atomic mass is 31.2. The van der Waals surface area contributed by atoms with Gasteiger partial charge in [0.15, 0.2) is 12.2 Å². The zero-order valence-electron chi connectivity index (χ0n) is 56.6. The first-order chi connectivity index (χ1) is 41.7. The maximum atomic E-state index is 13.0. The molecule has 87 heavy (non-hydrogen) atoms. The second-order valence-electron chi connectivity index (χ2n) is 25.8. The average molecular weight is 1280 g/mol. The summed E-state index contributed by atoms with van der Waals surface area (Å²) in [5, 5.41) is 10.6. The lowest BCUT2D eigenvalue weighted by Crippen LogP contribution is -2.30. The molecule has 3 N–H and O–H groups in total. The van der Waals surface area contributed by atoms with Crippen LogP contribution in [0.15, 0.2) is 0 Å². The highest BCUT2D eigenvalue weighted by molar-refractivity contribution is 7.47. The predicted octanol–water partition coefficient (Wildman–Crippen LogP) is 18.9. The van der Waals surface area contributed by atoms with Crippen molar-refractivity contribution in [3.05, 3.63) is 0 Å². The Balaban J connectivity index is 5.28. The Bertz CT molecular complexity index is 1740. The van der Waals surface area contributed by atoms with E-state index in [4.69, 9.17) is 37.0 Å². The van der Waals surface area contributed by atoms with Crippen LogP contribution in [0.3, 0.4) is 0 Å². The quantitative estimate of drug-likeness (QED) is 0.0222. The number of phosphoric ester groups is 2. The molecule has 8 atom stereocenters. The number of rotatable bonds is 65. The molecule has 0 aliphatic carbocycles. The molecule has 0 bridgehead atoms. The van der Waals surface area contributed by atoms with E-state index >= 15 is 0 Å². The van der Waals surface area contributed by atoms with Crippen LogP contribution in [-0.2, 0) is 65.4 Å². The van der Waals surface area contributed by atoms with E-state index in [1.54, 1.807) is 0 Å². The molecule has 0 rings (SSSR count). The highest BCUT2D eigenvalue weighted by Crippen LogP contribution is 2.45. The molecule has 0 aliphatic heterocycles. The molecule has 0 radical (unpaired) electrons. The van der Waals surface area contributed by atoms with Gasteiger partial charge in [-0.05, 0) is 49.4 Å². The van der Waals surface area contributed by atoms with E-state index in [9.17, 15) is 43.2 Å². The van der Waals surface area contributed by atoms with Gasteiger partial charge in [0.1, 0.15) is 19.3 Å². The van der Waals surface area contributed by atoms with Gasteiger partial charge in [-0.2, -0.15) is 0 Å². The average Bonchev–Trinajstić information content (AvgIpc) is 3.55. The molecule has 516 valence electrons. The number of unbranched alkanes of at least 4 members (excludes halogenated alkanes) is 28. The number of hydrogen-bond acceptors (Lipinski definition) is 15. The molecule has 0 fully saturated rings. The lowest BCUT2D eigenvalue weighted by molar-refractivity contribution is -0.161. The molecule has 0 saturated carbocycles. The van der Waals surface area contributed by atoms with Gasteiger partial charge in [-0.1, -0.05) is 280 Å². The van der Waals surface area contributed by atoms with E-state index in [0.717, 1.165) is 120 Å². The maximum absolute atomic E-state index is 13.0. The third kappa shape index (κ3) is 58.9. The molecule has 5 unspecified atom stereocenters. The molecular weight excluding hydrogens is 1150 g/mol. The molecule has 0 aromatic rings. The summed E-state index contributed by atoms with van der Waals surface area (Å²) in [6.07, 6.45) is 38.8.